The Labute approximate surface area is 142 Å². The summed E-state index contributed by atoms with van der Waals surface area (Å²) < 4.78 is 9.92. The second-order valence-electron chi connectivity index (χ2n) is 5.23. The van der Waals surface area contributed by atoms with Crippen LogP contribution in [0.4, 0.5) is 9.59 Å². The van der Waals surface area contributed by atoms with Crippen LogP contribution in [0.3, 0.4) is 0 Å². The zero-order valence-corrected chi connectivity index (χ0v) is 14.3. The van der Waals surface area contributed by atoms with E-state index in [1.165, 1.54) is 12.2 Å². The number of hydrogen-bond donors (Lipinski definition) is 2. The highest BCUT2D eigenvalue weighted by Crippen LogP contribution is 2.24. The number of carbonyl (C=O) groups is 2. The quantitative estimate of drug-likeness (QED) is 0.552. The van der Waals surface area contributed by atoms with Crippen LogP contribution in [0.15, 0.2) is 37.0 Å². The first-order valence-corrected chi connectivity index (χ1v) is 7.90. The summed E-state index contributed by atoms with van der Waals surface area (Å²) in [6.45, 7) is 10.1. The van der Waals surface area contributed by atoms with Gasteiger partial charge in [0.15, 0.2) is 0 Å². The van der Waals surface area contributed by atoms with E-state index in [-0.39, 0.29) is 30.6 Å². The Hall–Kier alpha value is -1.89. The van der Waals surface area contributed by atoms with Crippen LogP contribution >= 0.6 is 12.6 Å². The van der Waals surface area contributed by atoms with Crippen LogP contribution in [-0.2, 0) is 9.47 Å². The molecule has 1 saturated heterocycles. The Morgan fingerprint density at radius 3 is 2.61 bits per heavy atom. The Bertz CT molecular complexity index is 479. The lowest BCUT2D eigenvalue weighted by Gasteiger charge is -2.22. The summed E-state index contributed by atoms with van der Waals surface area (Å²) in [5, 5.41) is 2.74. The molecule has 1 aliphatic heterocycles. The van der Waals surface area contributed by atoms with Gasteiger partial charge in [0.25, 0.3) is 0 Å². The maximum Gasteiger partial charge on any atom is 0.410 e. The minimum atomic E-state index is -0.501. The molecule has 23 heavy (non-hydrogen) atoms. The maximum absolute atomic E-state index is 12.0. The fraction of sp³-hybridized carbons (Fsp3) is 0.500. The van der Waals surface area contributed by atoms with E-state index in [4.69, 9.17) is 9.47 Å². The predicted octanol–water partition coefficient (Wildman–Crippen LogP) is 2.54. The molecule has 0 spiro atoms. The summed E-state index contributed by atoms with van der Waals surface area (Å²) in [6.07, 6.45) is 4.83. The molecule has 1 heterocycles. The molecule has 1 aliphatic rings. The zero-order chi connectivity index (χ0) is 17.2. The van der Waals surface area contributed by atoms with Gasteiger partial charge in [-0.05, 0) is 13.3 Å². The van der Waals surface area contributed by atoms with Gasteiger partial charge in [-0.25, -0.2) is 9.59 Å². The summed E-state index contributed by atoms with van der Waals surface area (Å²) in [7, 11) is 0. The van der Waals surface area contributed by atoms with Crippen molar-refractivity contribution in [3.8, 4) is 0 Å². The van der Waals surface area contributed by atoms with Crippen LogP contribution in [0, 0.1) is 0 Å². The molecule has 1 fully saturated rings. The number of rotatable bonds is 7. The molecular weight excluding hydrogens is 316 g/mol. The van der Waals surface area contributed by atoms with Crippen molar-refractivity contribution < 1.29 is 19.1 Å². The van der Waals surface area contributed by atoms with Crippen LogP contribution in [0.5, 0.6) is 0 Å². The van der Waals surface area contributed by atoms with E-state index in [1.807, 2.05) is 13.0 Å². The van der Waals surface area contributed by atoms with Crippen molar-refractivity contribution in [2.45, 2.75) is 24.6 Å². The minimum absolute atomic E-state index is 0.0965. The molecule has 1 rings (SSSR count). The average Bonchev–Trinajstić information content (AvgIpc) is 2.89. The van der Waals surface area contributed by atoms with Crippen LogP contribution < -0.4 is 5.32 Å². The van der Waals surface area contributed by atoms with Gasteiger partial charge in [-0.15, -0.1) is 0 Å². The summed E-state index contributed by atoms with van der Waals surface area (Å²) in [4.78, 5) is 25.0. The Morgan fingerprint density at radius 2 is 1.96 bits per heavy atom. The molecule has 0 aromatic carbocycles. The van der Waals surface area contributed by atoms with Crippen LogP contribution in [0.1, 0.15) is 13.3 Å². The first-order chi connectivity index (χ1) is 11.0. The number of ether oxygens (including phenoxy) is 2. The van der Waals surface area contributed by atoms with Crippen molar-refractivity contribution in [3.05, 3.63) is 37.0 Å². The number of alkyl carbamates (subject to hydrolysis) is 1. The molecule has 1 N–H and O–H groups in total. The van der Waals surface area contributed by atoms with Crippen molar-refractivity contribution in [1.82, 2.24) is 10.2 Å². The third-order valence-corrected chi connectivity index (χ3v) is 3.58. The van der Waals surface area contributed by atoms with E-state index < -0.39 is 6.09 Å². The third-order valence-electron chi connectivity index (χ3n) is 3.20. The van der Waals surface area contributed by atoms with Gasteiger partial charge in [0.05, 0.1) is 6.04 Å². The fourth-order valence-electron chi connectivity index (χ4n) is 2.21. The van der Waals surface area contributed by atoms with Gasteiger partial charge in [-0.1, -0.05) is 37.0 Å². The third kappa shape index (κ3) is 6.81. The van der Waals surface area contributed by atoms with Gasteiger partial charge in [0, 0.05) is 18.3 Å². The number of nitrogens with one attached hydrogen (secondary N) is 1. The van der Waals surface area contributed by atoms with Crippen LogP contribution in [-0.4, -0.2) is 54.7 Å². The minimum Gasteiger partial charge on any atom is -0.445 e. The van der Waals surface area contributed by atoms with E-state index in [1.54, 1.807) is 4.90 Å². The number of carbonyl (C=O) groups excluding carboxylic acids is 2. The molecule has 0 radical (unpaired) electrons. The van der Waals surface area contributed by atoms with Crippen molar-refractivity contribution >= 4 is 24.8 Å². The van der Waals surface area contributed by atoms with Crippen molar-refractivity contribution in [1.29, 1.82) is 0 Å². The molecule has 2 amide bonds. The number of amides is 2. The van der Waals surface area contributed by atoms with Crippen LogP contribution in [0.2, 0.25) is 0 Å². The van der Waals surface area contributed by atoms with Crippen molar-refractivity contribution in [2.75, 3.05) is 26.3 Å². The molecule has 0 aromatic rings. The molecule has 0 bridgehead atoms. The first kappa shape index (κ1) is 19.2. The largest absolute Gasteiger partial charge is 0.445 e. The normalized spacial score (nSPS) is 20.8. The smallest absolute Gasteiger partial charge is 0.410 e. The fourth-order valence-corrected chi connectivity index (χ4v) is 2.60. The topological polar surface area (TPSA) is 67.9 Å². The van der Waals surface area contributed by atoms with Gasteiger partial charge in [0.1, 0.15) is 13.2 Å². The monoisotopic (exact) mass is 340 g/mol. The van der Waals surface area contributed by atoms with E-state index in [2.05, 4.69) is 31.1 Å². The molecule has 0 aromatic heterocycles. The summed E-state index contributed by atoms with van der Waals surface area (Å²) in [5.41, 5.74) is 0.925. The number of nitrogens with zero attached hydrogens (tertiary/aromatic N) is 1. The summed E-state index contributed by atoms with van der Waals surface area (Å²) in [6, 6.07) is -0.0965. The highest BCUT2D eigenvalue weighted by atomic mass is 32.1. The average molecular weight is 340 g/mol. The van der Waals surface area contributed by atoms with E-state index in [0.29, 0.717) is 13.1 Å². The lowest BCUT2D eigenvalue weighted by atomic mass is 10.1. The molecule has 6 nitrogen and oxygen atoms in total. The first-order valence-electron chi connectivity index (χ1n) is 7.39. The highest BCUT2D eigenvalue weighted by Gasteiger charge is 2.33. The standard InChI is InChI=1S/C16H24N2O4S/c1-4-6-21-15(19)17-10-12(3)8-13-9-14(23)11-18(13)16(20)22-7-5-2/h4-5,8,13-14,23H,1-2,6-7,9-11H2,3H3,(H,17,19). The van der Waals surface area contributed by atoms with E-state index in [9.17, 15) is 9.59 Å². The number of thiol groups is 1. The molecule has 2 unspecified atom stereocenters. The van der Waals surface area contributed by atoms with Gasteiger partial charge in [-0.2, -0.15) is 12.6 Å². The Kier molecular flexibility index (Phi) is 8.32. The summed E-state index contributed by atoms with van der Waals surface area (Å²) in [5.74, 6) is 0. The molecular formula is C16H24N2O4S. The molecule has 0 aliphatic carbocycles. The zero-order valence-electron chi connectivity index (χ0n) is 13.4. The lowest BCUT2D eigenvalue weighted by Crippen LogP contribution is -2.36. The molecule has 0 saturated carbocycles. The Morgan fingerprint density at radius 1 is 1.30 bits per heavy atom. The highest BCUT2D eigenvalue weighted by molar-refractivity contribution is 7.81. The van der Waals surface area contributed by atoms with Crippen LogP contribution in [0.25, 0.3) is 0 Å². The Balaban J connectivity index is 2.56. The van der Waals surface area contributed by atoms with E-state index in [0.717, 1.165) is 12.0 Å². The molecule has 128 valence electrons. The van der Waals surface area contributed by atoms with Gasteiger partial charge in [0.2, 0.25) is 0 Å². The van der Waals surface area contributed by atoms with Crippen molar-refractivity contribution in [3.63, 3.8) is 0 Å². The number of likely N-dealkylation sites (tertiary alicyclic amines) is 1. The van der Waals surface area contributed by atoms with Gasteiger partial charge < -0.3 is 19.7 Å². The summed E-state index contributed by atoms with van der Waals surface area (Å²) >= 11 is 4.44. The van der Waals surface area contributed by atoms with Gasteiger partial charge in [-0.3, -0.25) is 0 Å². The predicted molar refractivity (Wildman–Crippen MR) is 92.7 cm³/mol. The van der Waals surface area contributed by atoms with Gasteiger partial charge >= 0.3 is 12.2 Å². The second-order valence-corrected chi connectivity index (χ2v) is 5.96. The second kappa shape index (κ2) is 9.99. The number of hydrogen-bond acceptors (Lipinski definition) is 5. The molecule has 2 atom stereocenters. The SMILES string of the molecule is C=CCOC(=O)NCC(C)=CC1CC(S)CN1C(=O)OCC=C. The van der Waals surface area contributed by atoms with E-state index >= 15 is 0 Å². The van der Waals surface area contributed by atoms with Crippen molar-refractivity contribution in [2.24, 2.45) is 0 Å². The maximum atomic E-state index is 12.0. The lowest BCUT2D eigenvalue weighted by molar-refractivity contribution is 0.114. The molecule has 7 heteroatoms.